The van der Waals surface area contributed by atoms with Crippen molar-refractivity contribution in [1.82, 2.24) is 0 Å². The molecule has 1 atom stereocenters. The number of nitrogens with zero attached hydrogens (tertiary/aromatic N) is 1. The molecular weight excluding hydrogens is 424 g/mol. The minimum atomic E-state index is -3.88. The third kappa shape index (κ3) is 3.56. The summed E-state index contributed by atoms with van der Waals surface area (Å²) in [6.45, 7) is -0.134. The first kappa shape index (κ1) is 20.1. The Kier molecular flexibility index (Phi) is 5.03. The van der Waals surface area contributed by atoms with Gasteiger partial charge in [0.05, 0.1) is 17.1 Å². The molecule has 5 rings (SSSR count). The maximum absolute atomic E-state index is 13.4. The monoisotopic (exact) mass is 444 g/mol. The molecule has 0 aromatic heterocycles. The summed E-state index contributed by atoms with van der Waals surface area (Å²) in [6.07, 6.45) is -1.01. The summed E-state index contributed by atoms with van der Waals surface area (Å²) < 4.78 is 33.9. The number of amides is 1. The van der Waals surface area contributed by atoms with Crippen LogP contribution in [-0.4, -0.2) is 27.0 Å². The van der Waals surface area contributed by atoms with Gasteiger partial charge in [0, 0.05) is 11.1 Å². The molecule has 0 saturated carbocycles. The van der Waals surface area contributed by atoms with E-state index < -0.39 is 22.0 Å². The maximum atomic E-state index is 13.4. The average molecular weight is 445 g/mol. The van der Waals surface area contributed by atoms with E-state index in [0.717, 1.165) is 10.8 Å². The Bertz CT molecular complexity index is 1400. The van der Waals surface area contributed by atoms with Gasteiger partial charge in [-0.3, -0.25) is 9.10 Å². The van der Waals surface area contributed by atoms with Gasteiger partial charge >= 0.3 is 0 Å². The van der Waals surface area contributed by atoms with Crippen LogP contribution in [0.4, 0.5) is 11.4 Å². The zero-order valence-electron chi connectivity index (χ0n) is 17.0. The second-order valence-corrected chi connectivity index (χ2v) is 9.30. The Balaban J connectivity index is 1.49. The molecule has 0 unspecified atom stereocenters. The summed E-state index contributed by atoms with van der Waals surface area (Å²) in [5.41, 5.74) is 1.05. The third-order valence-electron chi connectivity index (χ3n) is 5.41. The van der Waals surface area contributed by atoms with E-state index >= 15 is 0 Å². The van der Waals surface area contributed by atoms with Crippen molar-refractivity contribution >= 4 is 38.1 Å². The van der Waals surface area contributed by atoms with Gasteiger partial charge in [-0.2, -0.15) is 0 Å². The number of hydrogen-bond donors (Lipinski definition) is 1. The molecule has 1 heterocycles. The highest BCUT2D eigenvalue weighted by molar-refractivity contribution is 7.92. The fourth-order valence-corrected chi connectivity index (χ4v) is 5.33. The topological polar surface area (TPSA) is 75.7 Å². The summed E-state index contributed by atoms with van der Waals surface area (Å²) >= 11 is 0. The fraction of sp³-hybridized carbons (Fsp3) is 0.0800. The van der Waals surface area contributed by atoms with Crippen molar-refractivity contribution in [2.75, 3.05) is 16.2 Å². The van der Waals surface area contributed by atoms with Crippen LogP contribution >= 0.6 is 0 Å². The smallest absolute Gasteiger partial charge is 0.267 e. The number of sulfonamides is 1. The van der Waals surface area contributed by atoms with Gasteiger partial charge in [0.2, 0.25) is 0 Å². The third-order valence-corrected chi connectivity index (χ3v) is 7.20. The molecule has 0 bridgehead atoms. The second-order valence-electron chi connectivity index (χ2n) is 7.44. The summed E-state index contributed by atoms with van der Waals surface area (Å²) in [5.74, 6) is -0.0690. The highest BCUT2D eigenvalue weighted by Gasteiger charge is 2.37. The molecule has 4 aromatic rings. The maximum Gasteiger partial charge on any atom is 0.267 e. The molecule has 6 nitrogen and oxygen atoms in total. The highest BCUT2D eigenvalue weighted by atomic mass is 32.2. The molecule has 0 saturated heterocycles. The largest absolute Gasteiger partial charge is 0.476 e. The van der Waals surface area contributed by atoms with Crippen molar-refractivity contribution < 1.29 is 17.9 Å². The molecule has 0 radical (unpaired) electrons. The molecule has 4 aromatic carbocycles. The predicted octanol–water partition coefficient (Wildman–Crippen LogP) is 4.43. The first-order valence-corrected chi connectivity index (χ1v) is 11.6. The van der Waals surface area contributed by atoms with Crippen LogP contribution in [0.25, 0.3) is 10.8 Å². The van der Waals surface area contributed by atoms with Crippen LogP contribution in [0.5, 0.6) is 5.75 Å². The number of benzene rings is 4. The Morgan fingerprint density at radius 2 is 1.53 bits per heavy atom. The Labute approximate surface area is 186 Å². The Hall–Kier alpha value is -3.84. The molecule has 0 aliphatic carbocycles. The van der Waals surface area contributed by atoms with Crippen molar-refractivity contribution in [1.29, 1.82) is 0 Å². The van der Waals surface area contributed by atoms with E-state index in [0.29, 0.717) is 17.1 Å². The number of carbonyl (C=O) groups is 1. The van der Waals surface area contributed by atoms with Gasteiger partial charge in [0.15, 0.2) is 6.10 Å². The van der Waals surface area contributed by atoms with Gasteiger partial charge in [-0.1, -0.05) is 66.7 Å². The molecule has 32 heavy (non-hydrogen) atoms. The number of rotatable bonds is 4. The van der Waals surface area contributed by atoms with Gasteiger partial charge < -0.3 is 10.1 Å². The van der Waals surface area contributed by atoms with E-state index in [-0.39, 0.29) is 11.4 Å². The van der Waals surface area contributed by atoms with Crippen LogP contribution in [0.2, 0.25) is 0 Å². The molecule has 1 amide bonds. The number of anilines is 2. The minimum absolute atomic E-state index is 0.134. The Morgan fingerprint density at radius 3 is 2.38 bits per heavy atom. The summed E-state index contributed by atoms with van der Waals surface area (Å²) in [6, 6.07) is 28.4. The molecule has 0 spiro atoms. The van der Waals surface area contributed by atoms with E-state index in [1.165, 1.54) is 4.31 Å². The van der Waals surface area contributed by atoms with E-state index in [4.69, 9.17) is 4.74 Å². The van der Waals surface area contributed by atoms with Gasteiger partial charge in [0.1, 0.15) is 5.75 Å². The second kappa shape index (κ2) is 8.01. The van der Waals surface area contributed by atoms with E-state index in [9.17, 15) is 13.2 Å². The standard InChI is InChI=1S/C25H20N2O4S/c28-25(26-21-14-8-10-18-9-4-5-13-20(18)21)24-17-27(22-15-6-7-16-23(22)31-24)32(29,30)19-11-2-1-3-12-19/h1-16,24H,17H2,(H,26,28)/t24-/m1/s1. The zero-order valence-corrected chi connectivity index (χ0v) is 17.8. The summed E-state index contributed by atoms with van der Waals surface area (Å²) in [5, 5.41) is 4.80. The minimum Gasteiger partial charge on any atom is -0.476 e. The normalized spacial score (nSPS) is 15.6. The molecule has 7 heteroatoms. The van der Waals surface area contributed by atoms with E-state index in [1.54, 1.807) is 54.6 Å². The SMILES string of the molecule is O=C(Nc1cccc2ccccc12)[C@H]1CN(S(=O)(=O)c2ccccc2)c2ccccc2O1. The highest BCUT2D eigenvalue weighted by Crippen LogP contribution is 2.37. The summed E-state index contributed by atoms with van der Waals surface area (Å²) in [7, 11) is -3.88. The first-order chi connectivity index (χ1) is 15.5. The quantitative estimate of drug-likeness (QED) is 0.505. The average Bonchev–Trinajstić information content (AvgIpc) is 2.84. The number of fused-ring (bicyclic) bond motifs is 2. The molecule has 1 aliphatic rings. The van der Waals surface area contributed by atoms with Crippen molar-refractivity contribution in [2.45, 2.75) is 11.0 Å². The number of ether oxygens (including phenoxy) is 1. The van der Waals surface area contributed by atoms with E-state index in [2.05, 4.69) is 5.32 Å². The van der Waals surface area contributed by atoms with Crippen LogP contribution in [-0.2, 0) is 14.8 Å². The first-order valence-electron chi connectivity index (χ1n) is 10.2. The van der Waals surface area contributed by atoms with Crippen LogP contribution in [0, 0.1) is 0 Å². The van der Waals surface area contributed by atoms with E-state index in [1.807, 2.05) is 42.5 Å². The van der Waals surface area contributed by atoms with Crippen molar-refractivity contribution in [2.24, 2.45) is 0 Å². The van der Waals surface area contributed by atoms with Crippen LogP contribution in [0.15, 0.2) is 102 Å². The van der Waals surface area contributed by atoms with Crippen molar-refractivity contribution in [3.05, 3.63) is 97.1 Å². The lowest BCUT2D eigenvalue weighted by molar-refractivity contribution is -0.122. The van der Waals surface area contributed by atoms with Crippen molar-refractivity contribution in [3.8, 4) is 5.75 Å². The van der Waals surface area contributed by atoms with Gasteiger partial charge in [-0.25, -0.2) is 8.42 Å². The number of nitrogens with one attached hydrogen (secondary N) is 1. The lowest BCUT2D eigenvalue weighted by atomic mass is 10.1. The summed E-state index contributed by atoms with van der Waals surface area (Å²) in [4.78, 5) is 13.3. The number of carbonyl (C=O) groups excluding carboxylic acids is 1. The van der Waals surface area contributed by atoms with Gasteiger partial charge in [-0.15, -0.1) is 0 Å². The fourth-order valence-electron chi connectivity index (χ4n) is 3.83. The van der Waals surface area contributed by atoms with Crippen molar-refractivity contribution in [3.63, 3.8) is 0 Å². The van der Waals surface area contributed by atoms with Crippen LogP contribution in [0.1, 0.15) is 0 Å². The molecule has 160 valence electrons. The molecule has 1 N–H and O–H groups in total. The Morgan fingerprint density at radius 1 is 0.844 bits per heavy atom. The molecule has 0 fully saturated rings. The molecular formula is C25H20N2O4S. The van der Waals surface area contributed by atoms with Gasteiger partial charge in [0.25, 0.3) is 15.9 Å². The van der Waals surface area contributed by atoms with Gasteiger partial charge in [-0.05, 0) is 35.7 Å². The number of para-hydroxylation sites is 2. The van der Waals surface area contributed by atoms with Crippen LogP contribution in [0.3, 0.4) is 0 Å². The molecule has 1 aliphatic heterocycles. The van der Waals surface area contributed by atoms with Crippen LogP contribution < -0.4 is 14.4 Å². The predicted molar refractivity (Wildman–Crippen MR) is 124 cm³/mol. The lowest BCUT2D eigenvalue weighted by Gasteiger charge is -2.34. The lowest BCUT2D eigenvalue weighted by Crippen LogP contribution is -2.48. The number of hydrogen-bond acceptors (Lipinski definition) is 4. The zero-order chi connectivity index (χ0) is 22.1.